The predicted octanol–water partition coefficient (Wildman–Crippen LogP) is 5.70. The molecule has 33 heteroatoms. The fraction of sp³-hybridized carbons (Fsp3) is 0.767. The van der Waals surface area contributed by atoms with Crippen LogP contribution >= 0.6 is 188 Å². The number of rotatable bonds is 19. The lowest BCUT2D eigenvalue weighted by Crippen LogP contribution is -2.60. The van der Waals surface area contributed by atoms with Crippen molar-refractivity contribution >= 4 is 228 Å². The molecule has 16 nitrogen and oxygen atoms in total. The van der Waals surface area contributed by atoms with Gasteiger partial charge in [-0.3, -0.25) is 44.7 Å². The zero-order valence-electron chi connectivity index (χ0n) is 34.3. The van der Waals surface area contributed by atoms with Crippen LogP contribution in [0.15, 0.2) is 0 Å². The fourth-order valence-corrected chi connectivity index (χ4v) is 14.0. The lowest BCUT2D eigenvalue weighted by Gasteiger charge is -2.27. The molecule has 8 rings (SSSR count). The molecule has 0 radical (unpaired) electrons. The second-order valence-corrected chi connectivity index (χ2v) is 36.4. The van der Waals surface area contributed by atoms with Crippen molar-refractivity contribution in [3.05, 3.63) is 0 Å². The van der Waals surface area contributed by atoms with Crippen LogP contribution in [0, 0.1) is 11.8 Å². The molecule has 362 valence electrons. The van der Waals surface area contributed by atoms with Crippen LogP contribution in [0.3, 0.4) is 0 Å². The van der Waals surface area contributed by atoms with Gasteiger partial charge in [0.2, 0.25) is 39.5 Å². The minimum absolute atomic E-state index is 0.0199. The Hall–Kier alpha value is 2.80. The van der Waals surface area contributed by atoms with E-state index in [1.807, 2.05) is 136 Å². The van der Waals surface area contributed by atoms with E-state index in [-0.39, 0.29) is 21.2 Å². The SMILES string of the molecule is C1SS1.C1SS1.C1SS1.C1SS1.CC(C)[C@@H]1NC2(SS2)SC1=O.CC[C@H](C)[C@H](NNC(CO)C(=O)S)C(=O)N[C@@H](C)C(=O)NC(CC(N)=O)C(=O)C(=O)[C@H](CS)NN.S1SC12SS2. The van der Waals surface area contributed by atoms with Crippen LogP contribution in [0.1, 0.15) is 47.5 Å². The van der Waals surface area contributed by atoms with Gasteiger partial charge in [-0.05, 0) is 95.3 Å². The minimum atomic E-state index is -1.57. The summed E-state index contributed by atoms with van der Waals surface area (Å²) < 4.78 is 0.687. The van der Waals surface area contributed by atoms with Crippen LogP contribution < -0.4 is 43.8 Å². The Balaban J connectivity index is 0.000000373. The Labute approximate surface area is 439 Å². The number of nitrogens with one attached hydrogen (secondary N) is 6. The van der Waals surface area contributed by atoms with E-state index in [9.17, 15) is 38.7 Å². The van der Waals surface area contributed by atoms with Crippen LogP contribution in [-0.4, -0.2) is 120 Å². The van der Waals surface area contributed by atoms with Gasteiger partial charge < -0.3 is 21.5 Å². The summed E-state index contributed by atoms with van der Waals surface area (Å²) in [6.45, 7) is 8.48. The first-order chi connectivity index (χ1) is 29.9. The summed E-state index contributed by atoms with van der Waals surface area (Å²) in [5.41, 5.74) is 12.4. The Morgan fingerprint density at radius 3 is 1.54 bits per heavy atom. The van der Waals surface area contributed by atoms with Gasteiger partial charge in [-0.1, -0.05) is 120 Å². The van der Waals surface area contributed by atoms with Crippen molar-refractivity contribution in [2.24, 2.45) is 23.4 Å². The molecule has 7 atom stereocenters. The van der Waals surface area contributed by atoms with Gasteiger partial charge >= 0.3 is 0 Å². The van der Waals surface area contributed by atoms with E-state index >= 15 is 0 Å². The number of thiol groups is 2. The van der Waals surface area contributed by atoms with Crippen LogP contribution in [0.25, 0.3) is 0 Å². The molecule has 0 bridgehead atoms. The van der Waals surface area contributed by atoms with Crippen LogP contribution in [0.5, 0.6) is 0 Å². The quantitative estimate of drug-likeness (QED) is 0.0185. The highest BCUT2D eigenvalue weighted by Crippen LogP contribution is 2.93. The number of hydrazine groups is 2. The van der Waals surface area contributed by atoms with Gasteiger partial charge in [-0.15, -0.1) is 12.6 Å². The van der Waals surface area contributed by atoms with Crippen molar-refractivity contribution in [2.75, 3.05) is 32.7 Å². The van der Waals surface area contributed by atoms with Crippen molar-refractivity contribution in [2.45, 2.75) is 90.0 Å². The number of aliphatic hydroxyl groups is 1. The average Bonchev–Trinajstić information content (AvgIpc) is 4.05. The first-order valence-corrected chi connectivity index (χ1v) is 36.7. The van der Waals surface area contributed by atoms with Crippen LogP contribution in [0.2, 0.25) is 0 Å². The molecule has 8 heterocycles. The van der Waals surface area contributed by atoms with Gasteiger partial charge in [0.15, 0.2) is 6.28 Å². The van der Waals surface area contributed by atoms with Gasteiger partial charge in [0, 0.05) is 5.75 Å². The number of thioether (sulfide) groups is 1. The van der Waals surface area contributed by atoms with E-state index in [2.05, 4.69) is 71.3 Å². The molecule has 0 aromatic heterocycles. The van der Waals surface area contributed by atoms with Crippen molar-refractivity contribution < 1.29 is 38.7 Å². The van der Waals surface area contributed by atoms with E-state index in [4.69, 9.17) is 11.6 Å². The molecule has 8 aliphatic rings. The van der Waals surface area contributed by atoms with Crippen LogP contribution in [0.4, 0.5) is 0 Å². The van der Waals surface area contributed by atoms with Gasteiger partial charge in [-0.25, -0.2) is 16.3 Å². The van der Waals surface area contributed by atoms with Crippen molar-refractivity contribution in [3.63, 3.8) is 0 Å². The summed E-state index contributed by atoms with van der Waals surface area (Å²) in [5.74, 6) is 0.702. The number of nitrogens with two attached hydrogens (primary N) is 2. The molecule has 11 N–H and O–H groups in total. The fourth-order valence-electron chi connectivity index (χ4n) is 3.87. The van der Waals surface area contributed by atoms with Crippen molar-refractivity contribution in [3.8, 4) is 0 Å². The molecule has 63 heavy (non-hydrogen) atoms. The maximum Gasteiger partial charge on any atom is 0.242 e. The third-order valence-corrected chi connectivity index (χ3v) is 25.3. The molecule has 8 fully saturated rings. The first-order valence-electron chi connectivity index (χ1n) is 18.4. The first kappa shape index (κ1) is 61.9. The second kappa shape index (κ2) is 33.4. The monoisotopic (exact) mass is 1200 g/mol. The molecule has 3 amide bonds. The lowest BCUT2D eigenvalue weighted by atomic mass is 9.98. The highest BCUT2D eigenvalue weighted by atomic mass is 33.3. The lowest BCUT2D eigenvalue weighted by molar-refractivity contribution is -0.141. The summed E-state index contributed by atoms with van der Waals surface area (Å²) in [4.78, 5) is 84.4. The maximum atomic E-state index is 12.8. The van der Waals surface area contributed by atoms with Crippen molar-refractivity contribution in [1.29, 1.82) is 0 Å². The van der Waals surface area contributed by atoms with Gasteiger partial charge in [0.05, 0.1) is 45.5 Å². The average molecular weight is 1200 g/mol. The zero-order chi connectivity index (χ0) is 47.2. The summed E-state index contributed by atoms with van der Waals surface area (Å²) in [5, 5.41) is 22.3. The molecule has 2 unspecified atom stereocenters. The number of Topliss-reactive ketones (excluding diaryl/α,β-unsaturated/α-hetero) is 2. The molecule has 0 aromatic carbocycles. The summed E-state index contributed by atoms with van der Waals surface area (Å²) in [7, 11) is 26.8. The molecule has 0 saturated carbocycles. The molecule has 0 aromatic rings. The molecular weight excluding hydrogens is 1150 g/mol. The molecule has 2 spiro atoms. The predicted molar refractivity (Wildman–Crippen MR) is 298 cm³/mol. The van der Waals surface area contributed by atoms with Gasteiger partial charge in [0.25, 0.3) is 0 Å². The number of hydrogen-bond donors (Lipinski definition) is 11. The number of carbonyl (C=O) groups is 7. The Morgan fingerprint density at radius 1 is 0.778 bits per heavy atom. The molecule has 8 aliphatic heterocycles. The molecular formula is C30H52N8O8S17. The highest BCUT2D eigenvalue weighted by molar-refractivity contribution is 9.21. The Morgan fingerprint density at radius 2 is 1.25 bits per heavy atom. The Bertz CT molecular complexity index is 1450. The van der Waals surface area contributed by atoms with Crippen molar-refractivity contribution in [1.82, 2.24) is 32.2 Å². The summed E-state index contributed by atoms with van der Waals surface area (Å²) in [6, 6.07) is -5.82. The van der Waals surface area contributed by atoms with E-state index in [1.165, 1.54) is 39.0 Å². The van der Waals surface area contributed by atoms with E-state index in [1.54, 1.807) is 28.5 Å². The second-order valence-electron chi connectivity index (χ2n) is 13.1. The topological polar surface area (TPSA) is 264 Å². The number of hydrogen-bond acceptors (Lipinski definition) is 29. The van der Waals surface area contributed by atoms with Gasteiger partial charge in [0.1, 0.15) is 24.2 Å². The van der Waals surface area contributed by atoms with E-state index in [0.29, 0.717) is 20.2 Å². The maximum absolute atomic E-state index is 12.8. The number of primary amides is 1. The Kier molecular flexibility index (Phi) is 32.9. The standard InChI is InChI=1S/C19H35N7O7S2.C6H9NOS3.CS4.4CH2S2/c1-4-8(2)14(26-25-11(6-27)19(33)35)18(32)22-9(3)17(31)23-10(5-13(20)28)15(29)16(30)12(7-34)24-21;1-3(2)4-5(8)9-6(7-4)10-11-6;2-1(3-2)4-5-1;4*1-2-3-1/h8-12,14,24-27,34H,4-7,21H2,1-3H3,(H2,20,28)(H,22,32)(H,23,31)(H,33,35);3-4,7H,1-2H3;;4*1H2/t8-,9-,10?,11?,12-,14-;4-;;;;;/m00...../s1. The van der Waals surface area contributed by atoms with Gasteiger partial charge in [-0.2, -0.15) is 12.6 Å². The van der Waals surface area contributed by atoms with E-state index < -0.39 is 77.6 Å². The number of ketones is 2. The third kappa shape index (κ3) is 29.7. The number of carbonyl (C=O) groups excluding carboxylic acids is 7. The summed E-state index contributed by atoms with van der Waals surface area (Å²) in [6.07, 6.45) is -0.104. The smallest absolute Gasteiger partial charge is 0.242 e. The highest BCUT2D eigenvalue weighted by Gasteiger charge is 2.61. The summed E-state index contributed by atoms with van der Waals surface area (Å²) >= 11 is 9.00. The minimum Gasteiger partial charge on any atom is -0.394 e. The van der Waals surface area contributed by atoms with Crippen LogP contribution in [-0.2, 0) is 33.6 Å². The normalized spacial score (nSPS) is 22.5. The van der Waals surface area contributed by atoms with E-state index in [0.717, 1.165) is 0 Å². The largest absolute Gasteiger partial charge is 0.394 e. The zero-order valence-corrected chi connectivity index (χ0v) is 48.3. The number of amides is 3. The molecule has 8 saturated heterocycles. The third-order valence-electron chi connectivity index (χ3n) is 7.76. The molecule has 0 aliphatic carbocycles. The number of aliphatic hydroxyl groups excluding tert-OH is 1.